The Bertz CT molecular complexity index is 369. The first-order valence-electron chi connectivity index (χ1n) is 6.54. The first-order valence-corrected chi connectivity index (χ1v) is 6.54. The summed E-state index contributed by atoms with van der Waals surface area (Å²) in [4.78, 5) is 0. The summed E-state index contributed by atoms with van der Waals surface area (Å²) in [6, 6.07) is 6.92. The van der Waals surface area contributed by atoms with Crippen molar-refractivity contribution < 1.29 is 4.74 Å². The lowest BCUT2D eigenvalue weighted by Gasteiger charge is -2.16. The molecule has 0 aromatic heterocycles. The molecular formula is C15H23NO. The Morgan fingerprint density at radius 1 is 1.35 bits per heavy atom. The van der Waals surface area contributed by atoms with Gasteiger partial charge in [0.05, 0.1) is 0 Å². The molecule has 2 rings (SSSR count). The van der Waals surface area contributed by atoms with Gasteiger partial charge in [0, 0.05) is 19.3 Å². The molecule has 2 atom stereocenters. The van der Waals surface area contributed by atoms with Gasteiger partial charge in [-0.05, 0) is 55.7 Å². The highest BCUT2D eigenvalue weighted by atomic mass is 16.5. The van der Waals surface area contributed by atoms with Gasteiger partial charge in [0.1, 0.15) is 0 Å². The zero-order chi connectivity index (χ0) is 12.3. The number of rotatable bonds is 4. The van der Waals surface area contributed by atoms with E-state index in [1.807, 2.05) is 0 Å². The van der Waals surface area contributed by atoms with Gasteiger partial charge < -0.3 is 10.5 Å². The Kier molecular flexibility index (Phi) is 4.19. The summed E-state index contributed by atoms with van der Waals surface area (Å²) >= 11 is 0. The van der Waals surface area contributed by atoms with Crippen LogP contribution in [0.1, 0.15) is 29.5 Å². The maximum absolute atomic E-state index is 6.22. The second-order valence-electron chi connectivity index (χ2n) is 5.35. The Labute approximate surface area is 104 Å². The van der Waals surface area contributed by atoms with Crippen LogP contribution in [-0.4, -0.2) is 19.3 Å². The van der Waals surface area contributed by atoms with Crippen LogP contribution in [0.2, 0.25) is 0 Å². The van der Waals surface area contributed by atoms with Crippen molar-refractivity contribution in [2.45, 2.75) is 39.2 Å². The average Bonchev–Trinajstić information content (AvgIpc) is 2.76. The highest BCUT2D eigenvalue weighted by molar-refractivity contribution is 5.30. The van der Waals surface area contributed by atoms with Crippen molar-refractivity contribution in [1.29, 1.82) is 0 Å². The molecule has 1 aromatic carbocycles. The molecule has 2 heteroatoms. The topological polar surface area (TPSA) is 35.2 Å². The molecule has 2 N–H and O–H groups in total. The quantitative estimate of drug-likeness (QED) is 0.867. The Morgan fingerprint density at radius 2 is 2.18 bits per heavy atom. The van der Waals surface area contributed by atoms with E-state index < -0.39 is 0 Å². The summed E-state index contributed by atoms with van der Waals surface area (Å²) in [7, 11) is 0. The van der Waals surface area contributed by atoms with Gasteiger partial charge in [-0.3, -0.25) is 0 Å². The first-order chi connectivity index (χ1) is 8.15. The summed E-state index contributed by atoms with van der Waals surface area (Å²) in [5.41, 5.74) is 10.3. The number of aryl methyl sites for hydroxylation is 2. The highest BCUT2D eigenvalue weighted by Gasteiger charge is 2.18. The molecule has 0 aliphatic carbocycles. The van der Waals surface area contributed by atoms with Crippen LogP contribution in [0.5, 0.6) is 0 Å². The predicted molar refractivity (Wildman–Crippen MR) is 71.1 cm³/mol. The molecule has 1 aromatic rings. The molecule has 1 fully saturated rings. The molecular weight excluding hydrogens is 210 g/mol. The van der Waals surface area contributed by atoms with Crippen molar-refractivity contribution in [1.82, 2.24) is 0 Å². The number of hydrogen-bond acceptors (Lipinski definition) is 2. The molecule has 0 saturated carbocycles. The van der Waals surface area contributed by atoms with Crippen molar-refractivity contribution in [2.75, 3.05) is 13.2 Å². The lowest BCUT2D eigenvalue weighted by Crippen LogP contribution is -2.26. The van der Waals surface area contributed by atoms with Gasteiger partial charge in [0.2, 0.25) is 0 Å². The summed E-state index contributed by atoms with van der Waals surface area (Å²) in [6.07, 6.45) is 3.26. The van der Waals surface area contributed by atoms with Gasteiger partial charge in [-0.25, -0.2) is 0 Å². The van der Waals surface area contributed by atoms with Gasteiger partial charge in [0.25, 0.3) is 0 Å². The van der Waals surface area contributed by atoms with Crippen LogP contribution in [-0.2, 0) is 11.2 Å². The second-order valence-corrected chi connectivity index (χ2v) is 5.35. The first kappa shape index (κ1) is 12.6. The van der Waals surface area contributed by atoms with Crippen LogP contribution in [0, 0.1) is 19.8 Å². The minimum absolute atomic E-state index is 0.267. The van der Waals surface area contributed by atoms with E-state index in [0.29, 0.717) is 5.92 Å². The molecule has 1 aliphatic heterocycles. The van der Waals surface area contributed by atoms with E-state index in [2.05, 4.69) is 32.0 Å². The molecule has 0 spiro atoms. The van der Waals surface area contributed by atoms with Gasteiger partial charge in [-0.15, -0.1) is 0 Å². The van der Waals surface area contributed by atoms with E-state index in [0.717, 1.165) is 26.1 Å². The smallest absolute Gasteiger partial charge is 0.0495 e. The van der Waals surface area contributed by atoms with Crippen molar-refractivity contribution in [3.8, 4) is 0 Å². The molecule has 1 saturated heterocycles. The Morgan fingerprint density at radius 3 is 2.82 bits per heavy atom. The van der Waals surface area contributed by atoms with Gasteiger partial charge >= 0.3 is 0 Å². The van der Waals surface area contributed by atoms with Gasteiger partial charge in [-0.2, -0.15) is 0 Å². The van der Waals surface area contributed by atoms with E-state index in [1.54, 1.807) is 0 Å². The van der Waals surface area contributed by atoms with Crippen LogP contribution >= 0.6 is 0 Å². The fourth-order valence-corrected chi connectivity index (χ4v) is 2.51. The Balaban J connectivity index is 1.88. The van der Waals surface area contributed by atoms with Crippen LogP contribution < -0.4 is 5.73 Å². The fourth-order valence-electron chi connectivity index (χ4n) is 2.51. The predicted octanol–water partition coefficient (Wildman–Crippen LogP) is 2.60. The van der Waals surface area contributed by atoms with E-state index in [9.17, 15) is 0 Å². The second kappa shape index (κ2) is 5.65. The summed E-state index contributed by atoms with van der Waals surface area (Å²) in [5.74, 6) is 0.677. The van der Waals surface area contributed by atoms with Crippen LogP contribution in [0.3, 0.4) is 0 Å². The van der Waals surface area contributed by atoms with Crippen molar-refractivity contribution in [3.63, 3.8) is 0 Å². The zero-order valence-electron chi connectivity index (χ0n) is 10.9. The zero-order valence-corrected chi connectivity index (χ0v) is 10.9. The van der Waals surface area contributed by atoms with E-state index in [1.165, 1.54) is 23.1 Å². The van der Waals surface area contributed by atoms with Crippen molar-refractivity contribution in [3.05, 3.63) is 34.9 Å². The maximum Gasteiger partial charge on any atom is 0.0495 e. The normalized spacial score (nSPS) is 21.7. The van der Waals surface area contributed by atoms with Crippen LogP contribution in [0.15, 0.2) is 18.2 Å². The molecule has 0 bridgehead atoms. The summed E-state index contributed by atoms with van der Waals surface area (Å²) in [6.45, 7) is 6.13. The number of hydrogen-bond donors (Lipinski definition) is 1. The molecule has 1 aliphatic rings. The van der Waals surface area contributed by atoms with Crippen LogP contribution in [0.25, 0.3) is 0 Å². The third kappa shape index (κ3) is 3.55. The monoisotopic (exact) mass is 233 g/mol. The molecule has 94 valence electrons. The highest BCUT2D eigenvalue weighted by Crippen LogP contribution is 2.19. The van der Waals surface area contributed by atoms with E-state index in [-0.39, 0.29) is 6.04 Å². The summed E-state index contributed by atoms with van der Waals surface area (Å²) in [5, 5.41) is 0. The SMILES string of the molecule is Cc1ccc(CC(N)CC2CCOC2)cc1C. The third-order valence-corrected chi connectivity index (χ3v) is 3.73. The minimum atomic E-state index is 0.267. The lowest BCUT2D eigenvalue weighted by atomic mass is 9.94. The lowest BCUT2D eigenvalue weighted by molar-refractivity contribution is 0.182. The van der Waals surface area contributed by atoms with Gasteiger partial charge in [-0.1, -0.05) is 18.2 Å². The number of benzene rings is 1. The Hall–Kier alpha value is -0.860. The molecule has 17 heavy (non-hydrogen) atoms. The standard InChI is InChI=1S/C15H23NO/c1-11-3-4-13(7-12(11)2)8-15(16)9-14-5-6-17-10-14/h3-4,7,14-15H,5-6,8-10,16H2,1-2H3. The van der Waals surface area contributed by atoms with Crippen LogP contribution in [0.4, 0.5) is 0 Å². The average molecular weight is 233 g/mol. The van der Waals surface area contributed by atoms with E-state index >= 15 is 0 Å². The molecule has 1 heterocycles. The van der Waals surface area contributed by atoms with E-state index in [4.69, 9.17) is 10.5 Å². The molecule has 2 unspecified atom stereocenters. The number of nitrogens with two attached hydrogens (primary N) is 1. The third-order valence-electron chi connectivity index (χ3n) is 3.73. The van der Waals surface area contributed by atoms with Gasteiger partial charge in [0.15, 0.2) is 0 Å². The van der Waals surface area contributed by atoms with Crippen molar-refractivity contribution >= 4 is 0 Å². The minimum Gasteiger partial charge on any atom is -0.381 e. The van der Waals surface area contributed by atoms with Crippen molar-refractivity contribution in [2.24, 2.45) is 11.7 Å². The fraction of sp³-hybridized carbons (Fsp3) is 0.600. The largest absolute Gasteiger partial charge is 0.381 e. The summed E-state index contributed by atoms with van der Waals surface area (Å²) < 4.78 is 5.39. The maximum atomic E-state index is 6.22. The molecule has 2 nitrogen and oxygen atoms in total. The molecule has 0 amide bonds. The molecule has 0 radical (unpaired) electrons. The number of ether oxygens (including phenoxy) is 1.